The van der Waals surface area contributed by atoms with Crippen molar-refractivity contribution < 1.29 is 9.32 Å². The van der Waals surface area contributed by atoms with Gasteiger partial charge in [-0.05, 0) is 31.0 Å². The van der Waals surface area contributed by atoms with Gasteiger partial charge in [0.1, 0.15) is 0 Å². The van der Waals surface area contributed by atoms with Crippen LogP contribution in [-0.2, 0) is 11.2 Å². The molecule has 1 aromatic carbocycles. The number of hydrogen-bond donors (Lipinski definition) is 2. The first-order valence-electron chi connectivity index (χ1n) is 8.04. The third-order valence-electron chi connectivity index (χ3n) is 4.15. The molecule has 0 radical (unpaired) electrons. The van der Waals surface area contributed by atoms with Crippen molar-refractivity contribution in [1.82, 2.24) is 15.1 Å². The van der Waals surface area contributed by atoms with Gasteiger partial charge in [-0.2, -0.15) is 0 Å². The number of hydrogen-bond acceptors (Lipinski definition) is 5. The first-order valence-corrected chi connectivity index (χ1v) is 9.30. The molecule has 4 aromatic rings. The standard InChI is InChI=1S/C18H15ClN4O2S/c1-10-11(17(19)25-23-10)6-7-16(24)22-18-21-15(9-26-18)13-8-20-14-5-3-2-4-12(13)14/h2-5,8-9,20H,6-7H2,1H3,(H,21,22,24). The number of amides is 1. The topological polar surface area (TPSA) is 83.8 Å². The normalized spacial score (nSPS) is 11.2. The summed E-state index contributed by atoms with van der Waals surface area (Å²) in [7, 11) is 0. The molecule has 6 nitrogen and oxygen atoms in total. The van der Waals surface area contributed by atoms with Crippen molar-refractivity contribution in [3.05, 3.63) is 52.3 Å². The zero-order valence-electron chi connectivity index (χ0n) is 13.9. The number of fused-ring (bicyclic) bond motifs is 1. The fourth-order valence-corrected chi connectivity index (χ4v) is 3.79. The first kappa shape index (κ1) is 16.8. The molecule has 0 fully saturated rings. The summed E-state index contributed by atoms with van der Waals surface area (Å²) >= 11 is 7.32. The van der Waals surface area contributed by atoms with E-state index in [-0.39, 0.29) is 17.5 Å². The van der Waals surface area contributed by atoms with Crippen molar-refractivity contribution in [3.63, 3.8) is 0 Å². The Morgan fingerprint density at radius 3 is 3.04 bits per heavy atom. The van der Waals surface area contributed by atoms with Gasteiger partial charge in [-0.25, -0.2) is 4.98 Å². The lowest BCUT2D eigenvalue weighted by Crippen LogP contribution is -2.12. The number of thiazole rings is 1. The van der Waals surface area contributed by atoms with Gasteiger partial charge in [0.2, 0.25) is 11.1 Å². The van der Waals surface area contributed by atoms with Crippen molar-refractivity contribution in [2.45, 2.75) is 19.8 Å². The largest absolute Gasteiger partial charge is 0.360 e. The molecule has 0 spiro atoms. The molecular weight excluding hydrogens is 372 g/mol. The maximum absolute atomic E-state index is 12.2. The van der Waals surface area contributed by atoms with Gasteiger partial charge in [-0.15, -0.1) is 11.3 Å². The minimum Gasteiger partial charge on any atom is -0.360 e. The molecule has 0 aliphatic rings. The maximum atomic E-state index is 12.2. The molecule has 0 bridgehead atoms. The van der Waals surface area contributed by atoms with Crippen LogP contribution in [0.25, 0.3) is 22.2 Å². The summed E-state index contributed by atoms with van der Waals surface area (Å²) < 4.78 is 4.90. The summed E-state index contributed by atoms with van der Waals surface area (Å²) in [6.07, 6.45) is 2.69. The van der Waals surface area contributed by atoms with Crippen LogP contribution in [0.15, 0.2) is 40.4 Å². The summed E-state index contributed by atoms with van der Waals surface area (Å²) in [6.45, 7) is 1.80. The van der Waals surface area contributed by atoms with E-state index in [9.17, 15) is 4.79 Å². The number of nitrogens with one attached hydrogen (secondary N) is 2. The van der Waals surface area contributed by atoms with Gasteiger partial charge in [0, 0.05) is 40.0 Å². The van der Waals surface area contributed by atoms with Gasteiger partial charge < -0.3 is 14.8 Å². The molecule has 0 unspecified atom stereocenters. The molecule has 0 atom stereocenters. The molecule has 26 heavy (non-hydrogen) atoms. The number of benzene rings is 1. The zero-order valence-corrected chi connectivity index (χ0v) is 15.4. The SMILES string of the molecule is Cc1noc(Cl)c1CCC(=O)Nc1nc(-c2c[nH]c3ccccc23)cs1. The number of halogens is 1. The average molecular weight is 387 g/mol. The Hall–Kier alpha value is -2.64. The lowest BCUT2D eigenvalue weighted by atomic mass is 10.1. The van der Waals surface area contributed by atoms with Crippen molar-refractivity contribution in [2.75, 3.05) is 5.32 Å². The minimum atomic E-state index is -0.124. The molecule has 0 aliphatic carbocycles. The van der Waals surface area contributed by atoms with Gasteiger partial charge in [-0.1, -0.05) is 23.4 Å². The summed E-state index contributed by atoms with van der Waals surface area (Å²) in [4.78, 5) is 20.0. The van der Waals surface area contributed by atoms with Crippen LogP contribution in [0, 0.1) is 6.92 Å². The van der Waals surface area contributed by atoms with Crippen molar-refractivity contribution in [1.29, 1.82) is 0 Å². The molecular formula is C18H15ClN4O2S. The molecule has 3 heterocycles. The fraction of sp³-hybridized carbons (Fsp3) is 0.167. The minimum absolute atomic E-state index is 0.124. The number of aromatic nitrogens is 3. The highest BCUT2D eigenvalue weighted by molar-refractivity contribution is 7.14. The second kappa shape index (κ2) is 6.93. The fourth-order valence-electron chi connectivity index (χ4n) is 2.80. The highest BCUT2D eigenvalue weighted by Crippen LogP contribution is 2.31. The van der Waals surface area contributed by atoms with Gasteiger partial charge in [0.05, 0.1) is 11.4 Å². The van der Waals surface area contributed by atoms with E-state index in [1.54, 1.807) is 6.92 Å². The molecule has 8 heteroatoms. The molecule has 0 saturated carbocycles. The number of nitrogens with zero attached hydrogens (tertiary/aromatic N) is 2. The number of anilines is 1. The van der Waals surface area contributed by atoms with Crippen LogP contribution in [0.5, 0.6) is 0 Å². The molecule has 1 amide bonds. The van der Waals surface area contributed by atoms with Crippen LogP contribution in [0.1, 0.15) is 17.7 Å². The van der Waals surface area contributed by atoms with Crippen LogP contribution in [0.4, 0.5) is 5.13 Å². The number of rotatable bonds is 5. The van der Waals surface area contributed by atoms with Crippen molar-refractivity contribution in [2.24, 2.45) is 0 Å². The van der Waals surface area contributed by atoms with Gasteiger partial charge >= 0.3 is 0 Å². The number of H-pyrrole nitrogens is 1. The zero-order chi connectivity index (χ0) is 18.1. The first-order chi connectivity index (χ1) is 12.6. The van der Waals surface area contributed by atoms with Crippen LogP contribution < -0.4 is 5.32 Å². The number of para-hydroxylation sites is 1. The van der Waals surface area contributed by atoms with Gasteiger partial charge in [0.15, 0.2) is 5.13 Å². The van der Waals surface area contributed by atoms with Gasteiger partial charge in [0.25, 0.3) is 0 Å². The van der Waals surface area contributed by atoms with E-state index in [0.717, 1.165) is 27.7 Å². The Kier molecular flexibility index (Phi) is 4.48. The molecule has 2 N–H and O–H groups in total. The molecule has 4 rings (SSSR count). The van der Waals surface area contributed by atoms with Crippen molar-refractivity contribution in [3.8, 4) is 11.3 Å². The van der Waals surface area contributed by atoms with E-state index in [1.165, 1.54) is 11.3 Å². The van der Waals surface area contributed by atoms with Gasteiger partial charge in [-0.3, -0.25) is 4.79 Å². The third kappa shape index (κ3) is 3.23. The lowest BCUT2D eigenvalue weighted by Gasteiger charge is -2.01. The van der Waals surface area contributed by atoms with Crippen LogP contribution in [-0.4, -0.2) is 21.0 Å². The number of aryl methyl sites for hydroxylation is 1. The average Bonchev–Trinajstić information content (AvgIpc) is 3.33. The van der Waals surface area contributed by atoms with Crippen LogP contribution in [0.3, 0.4) is 0 Å². The number of carbonyl (C=O) groups is 1. The van der Waals surface area contributed by atoms with E-state index in [1.807, 2.05) is 35.8 Å². The highest BCUT2D eigenvalue weighted by Gasteiger charge is 2.14. The Morgan fingerprint density at radius 2 is 2.23 bits per heavy atom. The predicted octanol–water partition coefficient (Wildman–Crippen LogP) is 4.81. The molecule has 132 valence electrons. The van der Waals surface area contributed by atoms with Crippen molar-refractivity contribution >= 4 is 44.9 Å². The molecule has 0 aliphatic heterocycles. The Labute approximate surface area is 158 Å². The summed E-state index contributed by atoms with van der Waals surface area (Å²) in [5.74, 6) is -0.124. The Morgan fingerprint density at radius 1 is 1.38 bits per heavy atom. The number of aromatic amines is 1. The van der Waals surface area contributed by atoms with E-state index >= 15 is 0 Å². The Balaban J connectivity index is 1.44. The monoisotopic (exact) mass is 386 g/mol. The summed E-state index contributed by atoms with van der Waals surface area (Å²) in [5, 5.41) is 10.5. The molecule has 3 aromatic heterocycles. The van der Waals surface area contributed by atoms with Crippen LogP contribution in [0.2, 0.25) is 5.22 Å². The highest BCUT2D eigenvalue weighted by atomic mass is 35.5. The quantitative estimate of drug-likeness (QED) is 0.515. The smallest absolute Gasteiger partial charge is 0.229 e. The summed E-state index contributed by atoms with van der Waals surface area (Å²) in [5.41, 5.74) is 4.38. The second-order valence-electron chi connectivity index (χ2n) is 5.85. The lowest BCUT2D eigenvalue weighted by molar-refractivity contribution is -0.116. The third-order valence-corrected chi connectivity index (χ3v) is 5.21. The molecule has 0 saturated heterocycles. The Bertz CT molecular complexity index is 1060. The van der Waals surface area contributed by atoms with E-state index in [0.29, 0.717) is 17.2 Å². The van der Waals surface area contributed by atoms with E-state index < -0.39 is 0 Å². The van der Waals surface area contributed by atoms with E-state index in [2.05, 4.69) is 20.4 Å². The second-order valence-corrected chi connectivity index (χ2v) is 7.06. The predicted molar refractivity (Wildman–Crippen MR) is 103 cm³/mol. The summed E-state index contributed by atoms with van der Waals surface area (Å²) in [6, 6.07) is 8.04. The number of carbonyl (C=O) groups excluding carboxylic acids is 1. The van der Waals surface area contributed by atoms with Crippen LogP contribution >= 0.6 is 22.9 Å². The maximum Gasteiger partial charge on any atom is 0.229 e. The van der Waals surface area contributed by atoms with E-state index in [4.69, 9.17) is 16.1 Å².